The number of unbranched alkanes of at least 4 members (excludes halogenated alkanes) is 1. The van der Waals surface area contributed by atoms with Gasteiger partial charge in [0.05, 0.1) is 0 Å². The van der Waals surface area contributed by atoms with E-state index in [4.69, 9.17) is 7.92 Å². The van der Waals surface area contributed by atoms with E-state index in [1.165, 1.54) is 12.0 Å². The van der Waals surface area contributed by atoms with Crippen molar-refractivity contribution in [2.24, 2.45) is 0 Å². The molecule has 1 heterocycles. The molecule has 6 nitrogen and oxygen atoms in total. The van der Waals surface area contributed by atoms with E-state index in [1.807, 2.05) is 11.2 Å². The molecule has 1 aromatic heterocycles. The second-order valence-corrected chi connectivity index (χ2v) is 9.56. The normalized spacial score (nSPS) is 12.9. The SMILES string of the molecule is CCCCC(C)Nc1nc(I(C)OSC)[nH]c(=O)c1C=N. The number of aromatic amines is 1. The Kier molecular flexibility index (Phi) is 8.27. The molecule has 0 aromatic carbocycles. The first-order chi connectivity index (χ1) is 10.0. The van der Waals surface area contributed by atoms with E-state index in [-0.39, 0.29) is 17.2 Å². The molecule has 0 amide bonds. The van der Waals surface area contributed by atoms with Crippen molar-refractivity contribution >= 4 is 44.3 Å². The number of H-pyrrole nitrogens is 1. The van der Waals surface area contributed by atoms with Gasteiger partial charge in [-0.05, 0) is 0 Å². The molecule has 0 saturated heterocycles. The Bertz CT molecular complexity index is 523. The van der Waals surface area contributed by atoms with Crippen molar-refractivity contribution in [2.45, 2.75) is 39.2 Å². The van der Waals surface area contributed by atoms with Crippen LogP contribution in [-0.2, 0) is 2.51 Å². The molecule has 1 rings (SSSR count). The second kappa shape index (κ2) is 9.42. The van der Waals surface area contributed by atoms with Crippen LogP contribution < -0.4 is 10.9 Å². The van der Waals surface area contributed by atoms with Crippen molar-refractivity contribution in [3.05, 3.63) is 19.7 Å². The fourth-order valence-electron chi connectivity index (χ4n) is 1.77. The zero-order chi connectivity index (χ0) is 15.8. The van der Waals surface area contributed by atoms with Gasteiger partial charge in [0.2, 0.25) is 0 Å². The molecule has 3 N–H and O–H groups in total. The Morgan fingerprint density at radius 2 is 2.33 bits per heavy atom. The fourth-order valence-corrected chi connectivity index (χ4v) is 5.35. The number of anilines is 1. The molecule has 120 valence electrons. The first-order valence-electron chi connectivity index (χ1n) is 6.76. The summed E-state index contributed by atoms with van der Waals surface area (Å²) in [6.07, 6.45) is 6.15. The zero-order valence-corrected chi connectivity index (χ0v) is 15.8. The zero-order valence-electron chi connectivity index (χ0n) is 12.8. The van der Waals surface area contributed by atoms with Crippen molar-refractivity contribution in [1.82, 2.24) is 9.97 Å². The Morgan fingerprint density at radius 3 is 2.90 bits per heavy atom. The molecule has 0 aliphatic carbocycles. The van der Waals surface area contributed by atoms with Gasteiger partial charge in [-0.2, -0.15) is 0 Å². The summed E-state index contributed by atoms with van der Waals surface area (Å²) in [4.78, 5) is 21.3. The Morgan fingerprint density at radius 1 is 1.62 bits per heavy atom. The molecule has 21 heavy (non-hydrogen) atoms. The van der Waals surface area contributed by atoms with E-state index in [9.17, 15) is 4.79 Å². The average Bonchev–Trinajstić information content (AvgIpc) is 2.45. The molecular formula is C13H23IN4O2S. The van der Waals surface area contributed by atoms with Crippen molar-refractivity contribution in [3.8, 4) is 0 Å². The number of rotatable bonds is 9. The van der Waals surface area contributed by atoms with Gasteiger partial charge in [0.15, 0.2) is 0 Å². The number of aromatic nitrogens is 2. The molecule has 0 aliphatic rings. The van der Waals surface area contributed by atoms with Crippen molar-refractivity contribution < 1.29 is 2.51 Å². The third kappa shape index (κ3) is 5.59. The van der Waals surface area contributed by atoms with E-state index < -0.39 is 20.2 Å². The van der Waals surface area contributed by atoms with Gasteiger partial charge in [-0.3, -0.25) is 0 Å². The van der Waals surface area contributed by atoms with Gasteiger partial charge >= 0.3 is 138 Å². The van der Waals surface area contributed by atoms with E-state index in [2.05, 4.69) is 29.1 Å². The van der Waals surface area contributed by atoms with E-state index in [1.54, 1.807) is 0 Å². The van der Waals surface area contributed by atoms with Gasteiger partial charge in [-0.15, -0.1) is 0 Å². The average molecular weight is 426 g/mol. The number of alkyl halides is 1. The molecule has 0 radical (unpaired) electrons. The molecular weight excluding hydrogens is 403 g/mol. The molecule has 0 fully saturated rings. The van der Waals surface area contributed by atoms with Gasteiger partial charge in [-0.25, -0.2) is 0 Å². The van der Waals surface area contributed by atoms with Gasteiger partial charge < -0.3 is 0 Å². The van der Waals surface area contributed by atoms with Gasteiger partial charge in [0.1, 0.15) is 0 Å². The quantitative estimate of drug-likeness (QED) is 0.185. The van der Waals surface area contributed by atoms with Crippen molar-refractivity contribution in [2.75, 3.05) is 16.5 Å². The van der Waals surface area contributed by atoms with E-state index in [0.29, 0.717) is 9.65 Å². The fraction of sp³-hybridized carbons (Fsp3) is 0.615. The van der Waals surface area contributed by atoms with Crippen LogP contribution in [0.2, 0.25) is 0 Å². The monoisotopic (exact) mass is 426 g/mol. The summed E-state index contributed by atoms with van der Waals surface area (Å²) >= 11 is -0.622. The minimum absolute atomic E-state index is 0.214. The topological polar surface area (TPSA) is 90.9 Å². The molecule has 1 aromatic rings. The minimum atomic E-state index is -1.92. The Balaban J connectivity index is 3.04. The first kappa shape index (κ1) is 18.4. The standard InChI is InChI=1S/C13H23IN4O2S/c1-5-6-7-9(2)16-11-10(8-15)12(19)18-13(17-11)14(3)20-21-4/h8-9,15H,5-7H2,1-4H3,(H2,16,17,18,19). The Hall–Kier alpha value is -0.610. The van der Waals surface area contributed by atoms with Crippen LogP contribution >= 0.6 is 32.3 Å². The van der Waals surface area contributed by atoms with Crippen LogP contribution in [0.1, 0.15) is 38.7 Å². The molecule has 0 saturated carbocycles. The maximum absolute atomic E-state index is 12.1. The number of hydrogen-bond acceptors (Lipinski definition) is 6. The molecule has 0 bridgehead atoms. The number of nitrogens with one attached hydrogen (secondary N) is 3. The van der Waals surface area contributed by atoms with Gasteiger partial charge in [-0.1, -0.05) is 0 Å². The number of hydrogen-bond donors (Lipinski definition) is 3. The van der Waals surface area contributed by atoms with E-state index >= 15 is 0 Å². The molecule has 8 heteroatoms. The second-order valence-electron chi connectivity index (χ2n) is 4.60. The maximum atomic E-state index is 12.1. The van der Waals surface area contributed by atoms with Gasteiger partial charge in [0, 0.05) is 0 Å². The number of nitrogens with zero attached hydrogens (tertiary/aromatic N) is 1. The van der Waals surface area contributed by atoms with Crippen LogP contribution in [-0.4, -0.2) is 33.4 Å². The van der Waals surface area contributed by atoms with Crippen LogP contribution in [0.5, 0.6) is 0 Å². The molecule has 0 spiro atoms. The van der Waals surface area contributed by atoms with Crippen molar-refractivity contribution in [3.63, 3.8) is 0 Å². The Labute approximate surface area is 137 Å². The summed E-state index contributed by atoms with van der Waals surface area (Å²) < 4.78 is 6.16. The molecule has 0 aliphatic heterocycles. The van der Waals surface area contributed by atoms with Crippen LogP contribution in [0, 0.1) is 9.24 Å². The van der Waals surface area contributed by atoms with Crippen molar-refractivity contribution in [1.29, 1.82) is 5.41 Å². The summed E-state index contributed by atoms with van der Waals surface area (Å²) in [5, 5.41) is 10.7. The first-order valence-corrected chi connectivity index (χ1v) is 12.0. The number of halogens is 1. The molecule has 1 unspecified atom stereocenters. The summed E-state index contributed by atoms with van der Waals surface area (Å²) in [5.74, 6) is 0.487. The van der Waals surface area contributed by atoms with E-state index in [0.717, 1.165) is 25.5 Å². The van der Waals surface area contributed by atoms with Crippen LogP contribution in [0.25, 0.3) is 0 Å². The van der Waals surface area contributed by atoms with Crippen LogP contribution in [0.15, 0.2) is 4.79 Å². The third-order valence-corrected chi connectivity index (χ3v) is 7.82. The van der Waals surface area contributed by atoms with Gasteiger partial charge in [0.25, 0.3) is 0 Å². The summed E-state index contributed by atoms with van der Waals surface area (Å²) in [7, 11) is 0. The van der Waals surface area contributed by atoms with Crippen LogP contribution in [0.4, 0.5) is 5.82 Å². The predicted molar refractivity (Wildman–Crippen MR) is 98.6 cm³/mol. The summed E-state index contributed by atoms with van der Waals surface area (Å²) in [6.45, 7) is 4.21. The summed E-state index contributed by atoms with van der Waals surface area (Å²) in [6, 6.07) is 0.214. The third-order valence-electron chi connectivity index (χ3n) is 2.85. The summed E-state index contributed by atoms with van der Waals surface area (Å²) in [5.41, 5.74) is -0.00966. The molecule has 1 atom stereocenters. The van der Waals surface area contributed by atoms with Crippen LogP contribution in [0.3, 0.4) is 0 Å². The predicted octanol–water partition coefficient (Wildman–Crippen LogP) is 3.27.